The number of rotatable bonds is 8. The van der Waals surface area contributed by atoms with Gasteiger partial charge in [0.05, 0.1) is 29.8 Å². The topological polar surface area (TPSA) is 83.0 Å². The number of oxazole rings is 1. The molecule has 0 fully saturated rings. The van der Waals surface area contributed by atoms with Gasteiger partial charge in [0.2, 0.25) is 5.89 Å². The minimum Gasteiger partial charge on any atom is -0.497 e. The molecule has 7 rings (SSSR count). The molecule has 1 atom stereocenters. The molecule has 210 valence electrons. The van der Waals surface area contributed by atoms with Crippen molar-refractivity contribution < 1.29 is 13.4 Å². The average Bonchev–Trinajstić information content (AvgIpc) is 3.73. The summed E-state index contributed by atoms with van der Waals surface area (Å²) in [4.78, 5) is 5.43. The van der Waals surface area contributed by atoms with Crippen molar-refractivity contribution in [3.63, 3.8) is 0 Å². The van der Waals surface area contributed by atoms with E-state index in [1.54, 1.807) is 11.8 Å². The lowest BCUT2D eigenvalue weighted by Gasteiger charge is -2.04. The van der Waals surface area contributed by atoms with E-state index in [1.165, 1.54) is 0 Å². The second kappa shape index (κ2) is 11.5. The molecule has 0 N–H and O–H groups in total. The van der Waals surface area contributed by atoms with Crippen molar-refractivity contribution in [2.75, 3.05) is 7.11 Å². The zero-order valence-corrected chi connectivity index (χ0v) is 24.1. The van der Waals surface area contributed by atoms with E-state index in [0.29, 0.717) is 16.5 Å². The van der Waals surface area contributed by atoms with Crippen LogP contribution in [0.25, 0.3) is 50.3 Å². The minimum atomic E-state index is -1.36. The van der Waals surface area contributed by atoms with Gasteiger partial charge in [-0.1, -0.05) is 84.1 Å². The van der Waals surface area contributed by atoms with Crippen molar-refractivity contribution in [1.29, 1.82) is 0 Å². The molecule has 8 heteroatoms. The van der Waals surface area contributed by atoms with Crippen LogP contribution in [0.2, 0.25) is 0 Å². The third-order valence-electron chi connectivity index (χ3n) is 7.21. The van der Waals surface area contributed by atoms with Crippen molar-refractivity contribution in [3.8, 4) is 45.3 Å². The average molecular weight is 583 g/mol. The maximum atomic E-state index is 13.4. The van der Waals surface area contributed by atoms with E-state index in [1.807, 2.05) is 115 Å². The highest BCUT2D eigenvalue weighted by atomic mass is 32.2. The number of methoxy groups -OCH3 is 1. The molecule has 0 aliphatic heterocycles. The molecule has 2 heterocycles. The Hall–Kier alpha value is -5.34. The number of aromatic nitrogens is 4. The summed E-state index contributed by atoms with van der Waals surface area (Å²) in [6, 6.07) is 39.4. The number of nitrogens with zero attached hydrogens (tertiary/aromatic N) is 4. The number of benzene rings is 5. The van der Waals surface area contributed by atoms with Crippen LogP contribution in [-0.4, -0.2) is 31.3 Å². The summed E-state index contributed by atoms with van der Waals surface area (Å²) in [7, 11) is 0.306. The molecule has 0 bridgehead atoms. The molecule has 43 heavy (non-hydrogen) atoms. The van der Waals surface area contributed by atoms with Crippen molar-refractivity contribution in [2.45, 2.75) is 10.6 Å². The fourth-order valence-electron chi connectivity index (χ4n) is 4.98. The number of hydrogen-bond acceptors (Lipinski definition) is 6. The third kappa shape index (κ3) is 5.48. The Morgan fingerprint density at radius 2 is 1.47 bits per heavy atom. The van der Waals surface area contributed by atoms with Gasteiger partial charge in [-0.15, -0.1) is 5.10 Å². The Balaban J connectivity index is 1.10. The van der Waals surface area contributed by atoms with Gasteiger partial charge in [0.25, 0.3) is 0 Å². The molecule has 0 saturated heterocycles. The predicted octanol–water partition coefficient (Wildman–Crippen LogP) is 7.73. The summed E-state index contributed by atoms with van der Waals surface area (Å²) < 4.78 is 26.6. The smallest absolute Gasteiger partial charge is 0.208 e. The van der Waals surface area contributed by atoms with E-state index in [9.17, 15) is 4.21 Å². The van der Waals surface area contributed by atoms with Crippen molar-refractivity contribution in [2.24, 2.45) is 0 Å². The van der Waals surface area contributed by atoms with Gasteiger partial charge in [0.15, 0.2) is 5.76 Å². The van der Waals surface area contributed by atoms with Crippen molar-refractivity contribution >= 4 is 21.6 Å². The first-order valence-corrected chi connectivity index (χ1v) is 15.1. The van der Waals surface area contributed by atoms with Gasteiger partial charge in [-0.05, 0) is 53.2 Å². The molecule has 0 saturated carbocycles. The molecule has 5 aromatic carbocycles. The number of fused-ring (bicyclic) bond motifs is 1. The van der Waals surface area contributed by atoms with Crippen molar-refractivity contribution in [3.05, 3.63) is 133 Å². The molecule has 7 aromatic rings. The zero-order valence-electron chi connectivity index (χ0n) is 23.3. The highest BCUT2D eigenvalue weighted by molar-refractivity contribution is 7.84. The van der Waals surface area contributed by atoms with E-state index in [2.05, 4.69) is 22.4 Å². The molecule has 7 nitrogen and oxygen atoms in total. The largest absolute Gasteiger partial charge is 0.497 e. The van der Waals surface area contributed by atoms with Crippen LogP contribution in [0.5, 0.6) is 5.75 Å². The maximum absolute atomic E-state index is 13.4. The van der Waals surface area contributed by atoms with Gasteiger partial charge in [0, 0.05) is 21.6 Å². The molecule has 0 amide bonds. The first-order valence-electron chi connectivity index (χ1n) is 13.7. The van der Waals surface area contributed by atoms with E-state index in [0.717, 1.165) is 50.3 Å². The normalized spacial score (nSPS) is 11.9. The Morgan fingerprint density at radius 1 is 0.767 bits per heavy atom. The molecular weight excluding hydrogens is 556 g/mol. The van der Waals surface area contributed by atoms with E-state index < -0.39 is 10.8 Å². The predicted molar refractivity (Wildman–Crippen MR) is 168 cm³/mol. The maximum Gasteiger partial charge on any atom is 0.208 e. The van der Waals surface area contributed by atoms with Crippen molar-refractivity contribution in [1.82, 2.24) is 20.0 Å². The minimum absolute atomic E-state index is 0.160. The Bertz CT molecular complexity index is 2000. The first kappa shape index (κ1) is 26.6. The summed E-state index contributed by atoms with van der Waals surface area (Å²) in [5, 5.41) is 10.9. The highest BCUT2D eigenvalue weighted by Crippen LogP contribution is 2.33. The summed E-state index contributed by atoms with van der Waals surface area (Å²) in [6.45, 7) is 0. The van der Waals surface area contributed by atoms with Crippen LogP contribution in [0.15, 0.2) is 137 Å². The standard InChI is InChI=1S/C35H26N4O3S/c1-41-30-17-14-26-20-28(13-12-27(26)21-30)32-22-39(38-37-32)29-15-18-31(19-16-29)43(40)23-33-36-34(24-8-4-2-5-9-24)35(42-33)25-10-6-3-7-11-25/h2-22H,23H2,1H3. The van der Waals surface area contributed by atoms with E-state index >= 15 is 0 Å². The highest BCUT2D eigenvalue weighted by Gasteiger charge is 2.19. The lowest BCUT2D eigenvalue weighted by atomic mass is 10.1. The summed E-state index contributed by atoms with van der Waals surface area (Å²) in [5.74, 6) is 2.08. The molecule has 0 aliphatic carbocycles. The Morgan fingerprint density at radius 3 is 2.21 bits per heavy atom. The van der Waals surface area contributed by atoms with Crippen LogP contribution in [-0.2, 0) is 16.6 Å². The number of ether oxygens (including phenoxy) is 1. The number of hydrogen-bond donors (Lipinski definition) is 0. The second-order valence-electron chi connectivity index (χ2n) is 9.98. The Kier molecular flexibility index (Phi) is 7.10. The summed E-state index contributed by atoms with van der Waals surface area (Å²) >= 11 is 0. The van der Waals surface area contributed by atoms with Gasteiger partial charge >= 0.3 is 0 Å². The molecule has 0 radical (unpaired) electrons. The van der Waals surface area contributed by atoms with Gasteiger partial charge in [-0.3, -0.25) is 4.21 Å². The van der Waals surface area contributed by atoms with Crippen LogP contribution in [0, 0.1) is 0 Å². The van der Waals surface area contributed by atoms with Gasteiger partial charge in [0.1, 0.15) is 22.9 Å². The van der Waals surface area contributed by atoms with Crippen LogP contribution < -0.4 is 4.74 Å². The monoisotopic (exact) mass is 582 g/mol. The molecule has 0 spiro atoms. The van der Waals surface area contributed by atoms with Crippen LogP contribution in [0.4, 0.5) is 0 Å². The summed E-state index contributed by atoms with van der Waals surface area (Å²) in [5.41, 5.74) is 5.16. The molecule has 1 unspecified atom stereocenters. The molecular formula is C35H26N4O3S. The van der Waals surface area contributed by atoms with Crippen LogP contribution >= 0.6 is 0 Å². The first-order chi connectivity index (χ1) is 21.1. The summed E-state index contributed by atoms with van der Waals surface area (Å²) in [6.07, 6.45) is 1.89. The SMILES string of the molecule is COc1ccc2cc(-c3cn(-c4ccc(S(=O)Cc5nc(-c6ccccc6)c(-c6ccccc6)o5)cc4)nn3)ccc2c1. The molecule has 0 aliphatic rings. The van der Waals surface area contributed by atoms with Crippen LogP contribution in [0.3, 0.4) is 0 Å². The fourth-order valence-corrected chi connectivity index (χ4v) is 5.94. The second-order valence-corrected chi connectivity index (χ2v) is 11.4. The van der Waals surface area contributed by atoms with Gasteiger partial charge in [-0.25, -0.2) is 9.67 Å². The fraction of sp³-hybridized carbons (Fsp3) is 0.0571. The van der Waals surface area contributed by atoms with E-state index in [4.69, 9.17) is 14.1 Å². The quantitative estimate of drug-likeness (QED) is 0.182. The Labute approximate surface area is 250 Å². The van der Waals surface area contributed by atoms with Crippen LogP contribution in [0.1, 0.15) is 5.89 Å². The molecule has 2 aromatic heterocycles. The van der Waals surface area contributed by atoms with Gasteiger partial charge < -0.3 is 9.15 Å². The van der Waals surface area contributed by atoms with Gasteiger partial charge in [-0.2, -0.15) is 0 Å². The lowest BCUT2D eigenvalue weighted by molar-refractivity contribution is 0.415. The van der Waals surface area contributed by atoms with E-state index in [-0.39, 0.29) is 5.75 Å². The lowest BCUT2D eigenvalue weighted by Crippen LogP contribution is -1.99. The zero-order chi connectivity index (χ0) is 29.2. The third-order valence-corrected chi connectivity index (χ3v) is 8.52.